The van der Waals surface area contributed by atoms with Crippen molar-refractivity contribution < 1.29 is 8.42 Å². The lowest BCUT2D eigenvalue weighted by Crippen LogP contribution is -2.26. The van der Waals surface area contributed by atoms with Crippen molar-refractivity contribution in [3.8, 4) is 0 Å². The first-order chi connectivity index (χ1) is 12.3. The molecule has 0 saturated carbocycles. The lowest BCUT2D eigenvalue weighted by molar-refractivity contribution is 0.581. The average molecular weight is 375 g/mol. The first-order valence-electron chi connectivity index (χ1n) is 7.65. The van der Waals surface area contributed by atoms with Crippen LogP contribution in [0.4, 0.5) is 5.82 Å². The largest absolute Gasteiger partial charge is 0.362 e. The van der Waals surface area contributed by atoms with E-state index in [-0.39, 0.29) is 22.3 Å². The molecular formula is C16H17N5O4S. The zero-order chi connectivity index (χ0) is 18.9. The SMILES string of the molecule is CN(C)c1ncccc1CNS(=O)(=O)c1ccc2[nH]c(=O)[nH]c(=O)c2c1. The number of hydrogen-bond donors (Lipinski definition) is 3. The Kier molecular flexibility index (Phi) is 4.62. The Morgan fingerprint density at radius 3 is 2.65 bits per heavy atom. The van der Waals surface area contributed by atoms with Gasteiger partial charge in [0.25, 0.3) is 5.56 Å². The predicted molar refractivity (Wildman–Crippen MR) is 97.8 cm³/mol. The molecule has 0 bridgehead atoms. The van der Waals surface area contributed by atoms with Gasteiger partial charge in [0.2, 0.25) is 10.0 Å². The highest BCUT2D eigenvalue weighted by molar-refractivity contribution is 7.89. The number of nitrogens with one attached hydrogen (secondary N) is 3. The van der Waals surface area contributed by atoms with Gasteiger partial charge in [-0.05, 0) is 24.3 Å². The Bertz CT molecular complexity index is 1180. The van der Waals surface area contributed by atoms with Crippen molar-refractivity contribution in [3.05, 3.63) is 62.9 Å². The minimum absolute atomic E-state index is 0.0453. The molecule has 0 amide bonds. The quantitative estimate of drug-likeness (QED) is 0.583. The molecule has 26 heavy (non-hydrogen) atoms. The van der Waals surface area contributed by atoms with Gasteiger partial charge in [-0.2, -0.15) is 0 Å². The molecule has 2 aromatic heterocycles. The van der Waals surface area contributed by atoms with Crippen LogP contribution in [-0.2, 0) is 16.6 Å². The number of rotatable bonds is 5. The lowest BCUT2D eigenvalue weighted by atomic mass is 10.2. The summed E-state index contributed by atoms with van der Waals surface area (Å²) in [5.41, 5.74) is -0.323. The third-order valence-electron chi connectivity index (χ3n) is 3.76. The molecule has 9 nitrogen and oxygen atoms in total. The van der Waals surface area contributed by atoms with Crippen molar-refractivity contribution in [2.24, 2.45) is 0 Å². The second kappa shape index (κ2) is 6.73. The molecule has 136 valence electrons. The number of anilines is 1. The Hall–Kier alpha value is -2.98. The highest BCUT2D eigenvalue weighted by Crippen LogP contribution is 2.17. The van der Waals surface area contributed by atoms with Gasteiger partial charge in [-0.15, -0.1) is 0 Å². The zero-order valence-electron chi connectivity index (χ0n) is 14.1. The van der Waals surface area contributed by atoms with E-state index in [2.05, 4.69) is 19.7 Å². The number of benzene rings is 1. The molecule has 0 saturated heterocycles. The molecule has 2 heterocycles. The molecule has 0 aliphatic rings. The molecule has 0 unspecified atom stereocenters. The van der Waals surface area contributed by atoms with Crippen molar-refractivity contribution in [2.75, 3.05) is 19.0 Å². The standard InChI is InChI=1S/C16H17N5O4S/c1-21(2)14-10(4-3-7-17-14)9-18-26(24,25)11-5-6-13-12(8-11)15(22)20-16(23)19-13/h3-8,18H,9H2,1-2H3,(H2,19,20,22,23). The number of hydrogen-bond acceptors (Lipinski definition) is 6. The number of aromatic nitrogens is 3. The molecule has 3 N–H and O–H groups in total. The van der Waals surface area contributed by atoms with Crippen LogP contribution in [0, 0.1) is 0 Å². The normalized spacial score (nSPS) is 11.6. The maximum Gasteiger partial charge on any atom is 0.326 e. The van der Waals surface area contributed by atoms with Crippen molar-refractivity contribution >= 4 is 26.7 Å². The summed E-state index contributed by atoms with van der Waals surface area (Å²) < 4.78 is 27.7. The number of H-pyrrole nitrogens is 2. The van der Waals surface area contributed by atoms with Crippen molar-refractivity contribution in [1.29, 1.82) is 0 Å². The van der Waals surface area contributed by atoms with E-state index < -0.39 is 21.3 Å². The van der Waals surface area contributed by atoms with Crippen molar-refractivity contribution in [3.63, 3.8) is 0 Å². The minimum Gasteiger partial charge on any atom is -0.362 e. The lowest BCUT2D eigenvalue weighted by Gasteiger charge is -2.16. The van der Waals surface area contributed by atoms with E-state index >= 15 is 0 Å². The molecule has 1 aromatic carbocycles. The number of sulfonamides is 1. The van der Waals surface area contributed by atoms with Crippen molar-refractivity contribution in [1.82, 2.24) is 19.7 Å². The third kappa shape index (κ3) is 3.51. The first kappa shape index (κ1) is 17.8. The van der Waals surface area contributed by atoms with Crippen LogP contribution in [0.5, 0.6) is 0 Å². The highest BCUT2D eigenvalue weighted by atomic mass is 32.2. The maximum absolute atomic E-state index is 12.6. The fourth-order valence-electron chi connectivity index (χ4n) is 2.54. The molecule has 0 fully saturated rings. The van der Waals surface area contributed by atoms with E-state index in [1.54, 1.807) is 23.2 Å². The highest BCUT2D eigenvalue weighted by Gasteiger charge is 2.17. The Morgan fingerprint density at radius 2 is 1.92 bits per heavy atom. The topological polar surface area (TPSA) is 128 Å². The van der Waals surface area contributed by atoms with Crippen molar-refractivity contribution in [2.45, 2.75) is 11.4 Å². The van der Waals surface area contributed by atoms with E-state index in [1.165, 1.54) is 18.2 Å². The molecule has 0 radical (unpaired) electrons. The third-order valence-corrected chi connectivity index (χ3v) is 5.16. The summed E-state index contributed by atoms with van der Waals surface area (Å²) >= 11 is 0. The van der Waals surface area contributed by atoms with Gasteiger partial charge in [-0.1, -0.05) is 6.07 Å². The fourth-order valence-corrected chi connectivity index (χ4v) is 3.57. The molecule has 0 atom stereocenters. The first-order valence-corrected chi connectivity index (χ1v) is 9.13. The van der Waals surface area contributed by atoms with Gasteiger partial charge in [-0.25, -0.2) is 22.9 Å². The van der Waals surface area contributed by atoms with Crippen LogP contribution in [0.15, 0.2) is 51.0 Å². The van der Waals surface area contributed by atoms with E-state index in [0.29, 0.717) is 11.4 Å². The van der Waals surface area contributed by atoms with E-state index in [1.807, 2.05) is 14.1 Å². The summed E-state index contributed by atoms with van der Waals surface area (Å²) in [6, 6.07) is 7.44. The summed E-state index contributed by atoms with van der Waals surface area (Å²) in [6.07, 6.45) is 1.63. The smallest absolute Gasteiger partial charge is 0.326 e. The van der Waals surface area contributed by atoms with Crippen LogP contribution in [-0.4, -0.2) is 37.5 Å². The molecule has 3 aromatic rings. The van der Waals surface area contributed by atoms with Gasteiger partial charge < -0.3 is 9.88 Å². The second-order valence-electron chi connectivity index (χ2n) is 5.82. The molecule has 0 aliphatic carbocycles. The summed E-state index contributed by atoms with van der Waals surface area (Å²) in [5, 5.41) is 0.0860. The number of pyridine rings is 1. The summed E-state index contributed by atoms with van der Waals surface area (Å²) in [5.74, 6) is 0.655. The van der Waals surface area contributed by atoms with Gasteiger partial charge in [0, 0.05) is 32.4 Å². The minimum atomic E-state index is -3.86. The molecule has 3 rings (SSSR count). The summed E-state index contributed by atoms with van der Waals surface area (Å²) in [7, 11) is -0.228. The molecule has 0 spiro atoms. The van der Waals surface area contributed by atoms with Crippen LogP contribution >= 0.6 is 0 Å². The Labute approximate surface area is 148 Å². The van der Waals surface area contributed by atoms with Gasteiger partial charge in [0.15, 0.2) is 0 Å². The summed E-state index contributed by atoms with van der Waals surface area (Å²) in [4.78, 5) is 33.6. The van der Waals surface area contributed by atoms with Crippen LogP contribution in [0.1, 0.15) is 5.56 Å². The Morgan fingerprint density at radius 1 is 1.15 bits per heavy atom. The van der Waals surface area contributed by atoms with E-state index in [0.717, 1.165) is 0 Å². The number of fused-ring (bicyclic) bond motifs is 1. The molecule has 0 aliphatic heterocycles. The number of nitrogens with zero attached hydrogens (tertiary/aromatic N) is 2. The Balaban J connectivity index is 1.93. The average Bonchev–Trinajstić information content (AvgIpc) is 2.59. The van der Waals surface area contributed by atoms with Gasteiger partial charge >= 0.3 is 5.69 Å². The molecular weight excluding hydrogens is 358 g/mol. The van der Waals surface area contributed by atoms with Crippen LogP contribution in [0.3, 0.4) is 0 Å². The van der Waals surface area contributed by atoms with Gasteiger partial charge in [0.1, 0.15) is 5.82 Å². The van der Waals surface area contributed by atoms with Crippen LogP contribution < -0.4 is 20.9 Å². The van der Waals surface area contributed by atoms with Crippen LogP contribution in [0.25, 0.3) is 10.9 Å². The number of aromatic amines is 2. The van der Waals surface area contributed by atoms with Crippen LogP contribution in [0.2, 0.25) is 0 Å². The second-order valence-corrected chi connectivity index (χ2v) is 7.59. The molecule has 10 heteroatoms. The van der Waals surface area contributed by atoms with Gasteiger partial charge in [-0.3, -0.25) is 9.78 Å². The van der Waals surface area contributed by atoms with E-state index in [9.17, 15) is 18.0 Å². The zero-order valence-corrected chi connectivity index (χ0v) is 14.9. The summed E-state index contributed by atoms with van der Waals surface area (Å²) in [6.45, 7) is 0.0453. The van der Waals surface area contributed by atoms with E-state index in [4.69, 9.17) is 0 Å². The maximum atomic E-state index is 12.6. The van der Waals surface area contributed by atoms with Gasteiger partial charge in [0.05, 0.1) is 15.8 Å². The predicted octanol–water partition coefficient (Wildman–Crippen LogP) is 0.156. The monoisotopic (exact) mass is 375 g/mol. The fraction of sp³-hybridized carbons (Fsp3) is 0.188.